The van der Waals surface area contributed by atoms with E-state index in [4.69, 9.17) is 15.2 Å². The Labute approximate surface area is 92.3 Å². The summed E-state index contributed by atoms with van der Waals surface area (Å²) in [6.07, 6.45) is 6.16. The molecule has 2 N–H and O–H groups in total. The van der Waals surface area contributed by atoms with E-state index in [-0.39, 0.29) is 5.60 Å². The molecule has 3 unspecified atom stereocenters. The Bertz CT molecular complexity index is 204. The van der Waals surface area contributed by atoms with E-state index in [1.807, 2.05) is 0 Å². The Morgan fingerprint density at radius 1 is 1.47 bits per heavy atom. The number of rotatable bonds is 3. The highest BCUT2D eigenvalue weighted by Gasteiger charge is 2.37. The van der Waals surface area contributed by atoms with Crippen molar-refractivity contribution >= 4 is 0 Å². The lowest BCUT2D eigenvalue weighted by molar-refractivity contribution is -0.116. The van der Waals surface area contributed by atoms with E-state index in [9.17, 15) is 0 Å². The average Bonchev–Trinajstić information content (AvgIpc) is 2.70. The van der Waals surface area contributed by atoms with Gasteiger partial charge in [-0.25, -0.2) is 0 Å². The van der Waals surface area contributed by atoms with Gasteiger partial charge in [0.1, 0.15) is 0 Å². The summed E-state index contributed by atoms with van der Waals surface area (Å²) >= 11 is 0. The highest BCUT2D eigenvalue weighted by molar-refractivity contribution is 4.89. The molecule has 1 aliphatic carbocycles. The van der Waals surface area contributed by atoms with Gasteiger partial charge in [-0.2, -0.15) is 0 Å². The fourth-order valence-corrected chi connectivity index (χ4v) is 2.91. The summed E-state index contributed by atoms with van der Waals surface area (Å²) in [6, 6.07) is 0. The van der Waals surface area contributed by atoms with Gasteiger partial charge in [-0.15, -0.1) is 0 Å². The SMILES string of the molecule is CC1CCCC(CN)(OC2CCOC2)C1. The van der Waals surface area contributed by atoms with Crippen molar-refractivity contribution < 1.29 is 9.47 Å². The van der Waals surface area contributed by atoms with E-state index in [1.165, 1.54) is 12.8 Å². The normalized spacial score (nSPS) is 42.0. The fourth-order valence-electron chi connectivity index (χ4n) is 2.91. The maximum atomic E-state index is 6.21. The van der Waals surface area contributed by atoms with E-state index in [1.54, 1.807) is 0 Å². The Hall–Kier alpha value is -0.120. The molecule has 0 radical (unpaired) electrons. The topological polar surface area (TPSA) is 44.5 Å². The van der Waals surface area contributed by atoms with Crippen LogP contribution in [0.4, 0.5) is 0 Å². The molecule has 1 heterocycles. The molecular formula is C12H23NO2. The minimum Gasteiger partial charge on any atom is -0.379 e. The molecule has 15 heavy (non-hydrogen) atoms. The second-order valence-electron chi connectivity index (χ2n) is 5.19. The van der Waals surface area contributed by atoms with Crippen molar-refractivity contribution in [3.63, 3.8) is 0 Å². The van der Waals surface area contributed by atoms with E-state index in [0.717, 1.165) is 38.4 Å². The summed E-state index contributed by atoms with van der Waals surface area (Å²) in [5.74, 6) is 0.754. The Morgan fingerprint density at radius 2 is 2.33 bits per heavy atom. The molecule has 3 nitrogen and oxygen atoms in total. The van der Waals surface area contributed by atoms with Gasteiger partial charge in [0.15, 0.2) is 0 Å². The van der Waals surface area contributed by atoms with Crippen molar-refractivity contribution in [2.75, 3.05) is 19.8 Å². The van der Waals surface area contributed by atoms with Gasteiger partial charge in [-0.05, 0) is 25.2 Å². The summed E-state index contributed by atoms with van der Waals surface area (Å²) in [5, 5.41) is 0. The van der Waals surface area contributed by atoms with Crippen LogP contribution in [-0.2, 0) is 9.47 Å². The van der Waals surface area contributed by atoms with Gasteiger partial charge < -0.3 is 15.2 Å². The molecule has 0 aromatic carbocycles. The maximum absolute atomic E-state index is 6.21. The lowest BCUT2D eigenvalue weighted by Gasteiger charge is -2.40. The Kier molecular flexibility index (Phi) is 3.65. The summed E-state index contributed by atoms with van der Waals surface area (Å²) < 4.78 is 11.6. The van der Waals surface area contributed by atoms with E-state index < -0.39 is 0 Å². The van der Waals surface area contributed by atoms with Gasteiger partial charge in [0.25, 0.3) is 0 Å². The van der Waals surface area contributed by atoms with Gasteiger partial charge in [0.05, 0.1) is 18.3 Å². The molecule has 3 heteroatoms. The minimum absolute atomic E-state index is 0.0456. The zero-order chi connectivity index (χ0) is 10.7. The van der Waals surface area contributed by atoms with Crippen LogP contribution in [0, 0.1) is 5.92 Å². The highest BCUT2D eigenvalue weighted by Crippen LogP contribution is 2.36. The quantitative estimate of drug-likeness (QED) is 0.776. The first-order valence-corrected chi connectivity index (χ1v) is 6.20. The molecule has 2 rings (SSSR count). The predicted octanol–water partition coefficient (Wildman–Crippen LogP) is 1.70. The summed E-state index contributed by atoms with van der Waals surface area (Å²) in [6.45, 7) is 4.57. The van der Waals surface area contributed by atoms with Crippen molar-refractivity contribution in [2.24, 2.45) is 11.7 Å². The average molecular weight is 213 g/mol. The van der Waals surface area contributed by atoms with E-state index >= 15 is 0 Å². The zero-order valence-electron chi connectivity index (χ0n) is 9.71. The first-order valence-electron chi connectivity index (χ1n) is 6.20. The van der Waals surface area contributed by atoms with Crippen LogP contribution in [-0.4, -0.2) is 31.5 Å². The van der Waals surface area contributed by atoms with Gasteiger partial charge in [0, 0.05) is 13.2 Å². The molecular weight excluding hydrogens is 190 g/mol. The molecule has 1 saturated heterocycles. The molecule has 0 bridgehead atoms. The highest BCUT2D eigenvalue weighted by atomic mass is 16.6. The molecule has 0 aromatic rings. The summed E-state index contributed by atoms with van der Waals surface area (Å²) in [7, 11) is 0. The van der Waals surface area contributed by atoms with Crippen molar-refractivity contribution in [1.82, 2.24) is 0 Å². The van der Waals surface area contributed by atoms with Crippen LogP contribution >= 0.6 is 0 Å². The van der Waals surface area contributed by atoms with Crippen molar-refractivity contribution in [1.29, 1.82) is 0 Å². The number of hydrogen-bond donors (Lipinski definition) is 1. The minimum atomic E-state index is -0.0456. The molecule has 0 amide bonds. The van der Waals surface area contributed by atoms with Crippen molar-refractivity contribution in [3.8, 4) is 0 Å². The van der Waals surface area contributed by atoms with Crippen LogP contribution < -0.4 is 5.73 Å². The first kappa shape index (κ1) is 11.4. The molecule has 2 fully saturated rings. The number of ether oxygens (including phenoxy) is 2. The zero-order valence-corrected chi connectivity index (χ0v) is 9.71. The van der Waals surface area contributed by atoms with Crippen LogP contribution in [0.2, 0.25) is 0 Å². The van der Waals surface area contributed by atoms with Crippen molar-refractivity contribution in [3.05, 3.63) is 0 Å². The summed E-state index contributed by atoms with van der Waals surface area (Å²) in [4.78, 5) is 0. The van der Waals surface area contributed by atoms with Crippen LogP contribution in [0.25, 0.3) is 0 Å². The van der Waals surface area contributed by atoms with Gasteiger partial charge in [-0.3, -0.25) is 0 Å². The van der Waals surface area contributed by atoms with Crippen LogP contribution in [0.15, 0.2) is 0 Å². The molecule has 0 spiro atoms. The third-order valence-electron chi connectivity index (χ3n) is 3.73. The smallest absolute Gasteiger partial charge is 0.0838 e. The van der Waals surface area contributed by atoms with Crippen LogP contribution in [0.3, 0.4) is 0 Å². The molecule has 1 aliphatic heterocycles. The lowest BCUT2D eigenvalue weighted by atomic mass is 9.78. The van der Waals surface area contributed by atoms with Crippen LogP contribution in [0.5, 0.6) is 0 Å². The largest absolute Gasteiger partial charge is 0.379 e. The molecule has 3 atom stereocenters. The second-order valence-corrected chi connectivity index (χ2v) is 5.19. The molecule has 0 aromatic heterocycles. The van der Waals surface area contributed by atoms with Gasteiger partial charge in [0.2, 0.25) is 0 Å². The fraction of sp³-hybridized carbons (Fsp3) is 1.00. The van der Waals surface area contributed by atoms with E-state index in [2.05, 4.69) is 6.92 Å². The maximum Gasteiger partial charge on any atom is 0.0838 e. The standard InChI is InChI=1S/C12H23NO2/c1-10-3-2-5-12(7-10,9-13)15-11-4-6-14-8-11/h10-11H,2-9,13H2,1H3. The lowest BCUT2D eigenvalue weighted by Crippen LogP contribution is -2.47. The summed E-state index contributed by atoms with van der Waals surface area (Å²) in [5.41, 5.74) is 5.87. The Balaban J connectivity index is 1.93. The van der Waals surface area contributed by atoms with Gasteiger partial charge >= 0.3 is 0 Å². The predicted molar refractivity (Wildman–Crippen MR) is 59.7 cm³/mol. The monoisotopic (exact) mass is 213 g/mol. The number of nitrogens with two attached hydrogens (primary N) is 1. The van der Waals surface area contributed by atoms with E-state index in [0.29, 0.717) is 12.6 Å². The third-order valence-corrected chi connectivity index (χ3v) is 3.73. The Morgan fingerprint density at radius 3 is 2.93 bits per heavy atom. The first-order chi connectivity index (χ1) is 7.24. The second kappa shape index (κ2) is 4.81. The molecule has 2 aliphatic rings. The molecule has 88 valence electrons. The van der Waals surface area contributed by atoms with Crippen LogP contribution in [0.1, 0.15) is 39.0 Å². The molecule has 1 saturated carbocycles. The number of hydrogen-bond acceptors (Lipinski definition) is 3. The van der Waals surface area contributed by atoms with Crippen molar-refractivity contribution in [2.45, 2.75) is 50.7 Å². The third kappa shape index (κ3) is 2.71. The van der Waals surface area contributed by atoms with Gasteiger partial charge in [-0.1, -0.05) is 19.8 Å².